The monoisotopic (exact) mass is 244 g/mol. The van der Waals surface area contributed by atoms with E-state index in [0.29, 0.717) is 6.54 Å². The van der Waals surface area contributed by atoms with Crippen LogP contribution in [0.2, 0.25) is 0 Å². The van der Waals surface area contributed by atoms with Crippen molar-refractivity contribution >= 4 is 6.09 Å². The van der Waals surface area contributed by atoms with Gasteiger partial charge in [-0.25, -0.2) is 4.79 Å². The number of carbonyl (C=O) groups is 1. The molecule has 102 valence electrons. The second-order valence-electron chi connectivity index (χ2n) is 6.31. The minimum atomic E-state index is -0.419. The Bertz CT molecular complexity index is 227. The first-order chi connectivity index (χ1) is 7.60. The maximum Gasteiger partial charge on any atom is 0.407 e. The molecule has 4 heteroatoms. The first-order valence-corrected chi connectivity index (χ1v) is 6.32. The third kappa shape index (κ3) is 13.2. The summed E-state index contributed by atoms with van der Waals surface area (Å²) < 4.78 is 5.13. The van der Waals surface area contributed by atoms with Crippen molar-refractivity contribution in [2.75, 3.05) is 13.1 Å². The predicted molar refractivity (Wildman–Crippen MR) is 71.2 cm³/mol. The van der Waals surface area contributed by atoms with Crippen LogP contribution in [0.25, 0.3) is 0 Å². The third-order valence-electron chi connectivity index (χ3n) is 1.93. The van der Waals surface area contributed by atoms with Gasteiger partial charge in [0.15, 0.2) is 0 Å². The molecule has 0 aromatic carbocycles. The standard InChI is InChI=1S/C13H28N2O2/c1-12(2,3)15-10-8-7-9-14-11(16)17-13(4,5)6/h15H,7-10H2,1-6H3,(H,14,16). The van der Waals surface area contributed by atoms with E-state index in [0.717, 1.165) is 19.4 Å². The minimum absolute atomic E-state index is 0.165. The molecule has 0 fully saturated rings. The summed E-state index contributed by atoms with van der Waals surface area (Å²) in [5.41, 5.74) is -0.254. The summed E-state index contributed by atoms with van der Waals surface area (Å²) in [6, 6.07) is 0. The van der Waals surface area contributed by atoms with Gasteiger partial charge in [0.05, 0.1) is 0 Å². The van der Waals surface area contributed by atoms with Crippen molar-refractivity contribution in [2.45, 2.75) is 65.5 Å². The molecule has 17 heavy (non-hydrogen) atoms. The van der Waals surface area contributed by atoms with Crippen LogP contribution in [0.3, 0.4) is 0 Å². The van der Waals surface area contributed by atoms with E-state index in [1.807, 2.05) is 20.8 Å². The lowest BCUT2D eigenvalue weighted by molar-refractivity contribution is 0.0527. The Morgan fingerprint density at radius 1 is 1.00 bits per heavy atom. The number of carbonyl (C=O) groups excluding carboxylic acids is 1. The van der Waals surface area contributed by atoms with Gasteiger partial charge in [0.25, 0.3) is 0 Å². The molecule has 0 heterocycles. The average molecular weight is 244 g/mol. The number of alkyl carbamates (subject to hydrolysis) is 1. The summed E-state index contributed by atoms with van der Waals surface area (Å²) in [4.78, 5) is 11.3. The zero-order chi connectivity index (χ0) is 13.5. The van der Waals surface area contributed by atoms with Crippen molar-refractivity contribution in [3.05, 3.63) is 0 Å². The number of amides is 1. The number of ether oxygens (including phenoxy) is 1. The van der Waals surface area contributed by atoms with Gasteiger partial charge in [-0.05, 0) is 60.9 Å². The van der Waals surface area contributed by atoms with Gasteiger partial charge in [-0.15, -0.1) is 0 Å². The molecule has 4 nitrogen and oxygen atoms in total. The Morgan fingerprint density at radius 2 is 1.53 bits per heavy atom. The summed E-state index contributed by atoms with van der Waals surface area (Å²) >= 11 is 0. The highest BCUT2D eigenvalue weighted by Gasteiger charge is 2.15. The molecular weight excluding hydrogens is 216 g/mol. The van der Waals surface area contributed by atoms with Crippen LogP contribution >= 0.6 is 0 Å². The van der Waals surface area contributed by atoms with Crippen molar-refractivity contribution in [1.82, 2.24) is 10.6 Å². The highest BCUT2D eigenvalue weighted by Crippen LogP contribution is 2.06. The molecule has 0 saturated carbocycles. The third-order valence-corrected chi connectivity index (χ3v) is 1.93. The number of nitrogens with one attached hydrogen (secondary N) is 2. The maximum atomic E-state index is 11.3. The predicted octanol–water partition coefficient (Wildman–Crippen LogP) is 2.68. The number of hydrogen-bond acceptors (Lipinski definition) is 3. The lowest BCUT2D eigenvalue weighted by Crippen LogP contribution is -2.37. The van der Waals surface area contributed by atoms with Gasteiger partial charge >= 0.3 is 6.09 Å². The molecule has 0 spiro atoms. The van der Waals surface area contributed by atoms with Crippen LogP contribution in [-0.4, -0.2) is 30.3 Å². The maximum absolute atomic E-state index is 11.3. The van der Waals surface area contributed by atoms with Crippen LogP contribution < -0.4 is 10.6 Å². The van der Waals surface area contributed by atoms with E-state index in [2.05, 4.69) is 31.4 Å². The summed E-state index contributed by atoms with van der Waals surface area (Å²) in [6.45, 7) is 13.7. The number of hydrogen-bond donors (Lipinski definition) is 2. The molecule has 1 amide bonds. The Labute approximate surface area is 105 Å². The second kappa shape index (κ2) is 6.84. The summed E-state index contributed by atoms with van der Waals surface area (Å²) in [7, 11) is 0. The van der Waals surface area contributed by atoms with Crippen LogP contribution in [0.4, 0.5) is 4.79 Å². The molecule has 0 saturated heterocycles. The molecule has 0 aromatic rings. The van der Waals surface area contributed by atoms with E-state index in [4.69, 9.17) is 4.74 Å². The average Bonchev–Trinajstić information content (AvgIpc) is 2.06. The van der Waals surface area contributed by atoms with Crippen molar-refractivity contribution in [2.24, 2.45) is 0 Å². The number of rotatable bonds is 5. The van der Waals surface area contributed by atoms with Crippen LogP contribution in [0.5, 0.6) is 0 Å². The molecule has 0 bridgehead atoms. The molecule has 0 aromatic heterocycles. The fraction of sp³-hybridized carbons (Fsp3) is 0.923. The largest absolute Gasteiger partial charge is 0.444 e. The van der Waals surface area contributed by atoms with Gasteiger partial charge in [0, 0.05) is 12.1 Å². The van der Waals surface area contributed by atoms with E-state index in [9.17, 15) is 4.79 Å². The smallest absolute Gasteiger partial charge is 0.407 e. The normalized spacial score (nSPS) is 12.4. The van der Waals surface area contributed by atoms with Crippen molar-refractivity contribution in [3.63, 3.8) is 0 Å². The molecule has 0 rings (SSSR count). The lowest BCUT2D eigenvalue weighted by atomic mass is 10.1. The fourth-order valence-corrected chi connectivity index (χ4v) is 1.22. The van der Waals surface area contributed by atoms with Gasteiger partial charge in [-0.1, -0.05) is 0 Å². The van der Waals surface area contributed by atoms with Gasteiger partial charge in [-0.2, -0.15) is 0 Å². The molecule has 0 atom stereocenters. The number of unbranched alkanes of at least 4 members (excludes halogenated alkanes) is 1. The second-order valence-corrected chi connectivity index (χ2v) is 6.31. The SMILES string of the molecule is CC(C)(C)NCCCCNC(=O)OC(C)(C)C. The quantitative estimate of drug-likeness (QED) is 0.731. The summed E-state index contributed by atoms with van der Waals surface area (Å²) in [5.74, 6) is 0. The molecule has 0 aliphatic carbocycles. The Kier molecular flexibility index (Phi) is 6.53. The van der Waals surface area contributed by atoms with Crippen molar-refractivity contribution < 1.29 is 9.53 Å². The molecule has 0 radical (unpaired) electrons. The Hall–Kier alpha value is -0.770. The minimum Gasteiger partial charge on any atom is -0.444 e. The van der Waals surface area contributed by atoms with Crippen LogP contribution in [-0.2, 0) is 4.74 Å². The highest BCUT2D eigenvalue weighted by molar-refractivity contribution is 5.67. The Morgan fingerprint density at radius 3 is 2.00 bits per heavy atom. The first kappa shape index (κ1) is 16.2. The van der Waals surface area contributed by atoms with E-state index in [1.165, 1.54) is 0 Å². The zero-order valence-electron chi connectivity index (χ0n) is 12.1. The molecule has 0 aliphatic heterocycles. The van der Waals surface area contributed by atoms with Crippen LogP contribution in [0.1, 0.15) is 54.4 Å². The van der Waals surface area contributed by atoms with Crippen LogP contribution in [0, 0.1) is 0 Å². The summed E-state index contributed by atoms with van der Waals surface area (Å²) in [6.07, 6.45) is 1.68. The Balaban J connectivity index is 3.44. The topological polar surface area (TPSA) is 50.4 Å². The van der Waals surface area contributed by atoms with Crippen molar-refractivity contribution in [1.29, 1.82) is 0 Å². The first-order valence-electron chi connectivity index (χ1n) is 6.32. The molecule has 0 unspecified atom stereocenters. The van der Waals surface area contributed by atoms with E-state index in [-0.39, 0.29) is 11.6 Å². The van der Waals surface area contributed by atoms with E-state index < -0.39 is 5.60 Å². The van der Waals surface area contributed by atoms with Gasteiger partial charge < -0.3 is 15.4 Å². The van der Waals surface area contributed by atoms with Gasteiger partial charge in [-0.3, -0.25) is 0 Å². The van der Waals surface area contributed by atoms with E-state index in [1.54, 1.807) is 0 Å². The molecule has 0 aliphatic rings. The van der Waals surface area contributed by atoms with Gasteiger partial charge in [0.2, 0.25) is 0 Å². The fourth-order valence-electron chi connectivity index (χ4n) is 1.22. The van der Waals surface area contributed by atoms with Crippen molar-refractivity contribution in [3.8, 4) is 0 Å². The van der Waals surface area contributed by atoms with Gasteiger partial charge in [0.1, 0.15) is 5.60 Å². The molecular formula is C13H28N2O2. The molecule has 2 N–H and O–H groups in total. The van der Waals surface area contributed by atoms with E-state index >= 15 is 0 Å². The van der Waals surface area contributed by atoms with Crippen LogP contribution in [0.15, 0.2) is 0 Å². The zero-order valence-corrected chi connectivity index (χ0v) is 12.1. The lowest BCUT2D eigenvalue weighted by Gasteiger charge is -2.21. The summed E-state index contributed by atoms with van der Waals surface area (Å²) in [5, 5.41) is 6.15. The highest BCUT2D eigenvalue weighted by atomic mass is 16.6.